The van der Waals surface area contributed by atoms with E-state index in [4.69, 9.17) is 9.84 Å². The largest absolute Gasteiger partial charge is 0.364 e. The van der Waals surface area contributed by atoms with Crippen molar-refractivity contribution in [2.24, 2.45) is 5.92 Å². The summed E-state index contributed by atoms with van der Waals surface area (Å²) >= 11 is 0. The van der Waals surface area contributed by atoms with Gasteiger partial charge >= 0.3 is 0 Å². The summed E-state index contributed by atoms with van der Waals surface area (Å²) in [7, 11) is 0. The van der Waals surface area contributed by atoms with Gasteiger partial charge in [0.25, 0.3) is 0 Å². The van der Waals surface area contributed by atoms with Crippen LogP contribution in [0.2, 0.25) is 0 Å². The minimum absolute atomic E-state index is 0.324. The van der Waals surface area contributed by atoms with Gasteiger partial charge in [-0.05, 0) is 5.57 Å². The van der Waals surface area contributed by atoms with Gasteiger partial charge in [-0.2, -0.15) is 0 Å². The third kappa shape index (κ3) is 0.767. The normalized spacial score (nSPS) is 38.5. The Bertz CT molecular complexity index is 97.1. The molecule has 0 amide bonds. The van der Waals surface area contributed by atoms with Crippen molar-refractivity contribution in [2.45, 2.75) is 13.2 Å². The number of ether oxygens (including phenoxy) is 1. The molecule has 8 heavy (non-hydrogen) atoms. The van der Waals surface area contributed by atoms with E-state index in [1.165, 1.54) is 0 Å². The van der Waals surface area contributed by atoms with Crippen LogP contribution in [0.4, 0.5) is 0 Å². The maximum atomic E-state index is 8.85. The van der Waals surface area contributed by atoms with E-state index in [1.54, 1.807) is 0 Å². The molecular formula is C6H10O2. The maximum Gasteiger partial charge on any atom is 0.177 e. The number of rotatable bonds is 0. The molecule has 1 aliphatic rings. The van der Waals surface area contributed by atoms with Gasteiger partial charge < -0.3 is 9.84 Å². The molecule has 0 saturated carbocycles. The molecule has 2 nitrogen and oxygen atoms in total. The van der Waals surface area contributed by atoms with Gasteiger partial charge in [0.05, 0.1) is 6.61 Å². The van der Waals surface area contributed by atoms with Crippen LogP contribution in [-0.4, -0.2) is 18.0 Å². The Labute approximate surface area is 48.8 Å². The molecular weight excluding hydrogens is 104 g/mol. The van der Waals surface area contributed by atoms with Gasteiger partial charge in [0, 0.05) is 5.92 Å². The predicted octanol–water partition coefficient (Wildman–Crippen LogP) is 0.527. The highest BCUT2D eigenvalue weighted by Crippen LogP contribution is 2.21. The highest BCUT2D eigenvalue weighted by atomic mass is 16.6. The average Bonchev–Trinajstić information content (AvgIpc) is 1.98. The van der Waals surface area contributed by atoms with Crippen molar-refractivity contribution in [1.29, 1.82) is 0 Å². The van der Waals surface area contributed by atoms with Gasteiger partial charge in [-0.3, -0.25) is 0 Å². The molecule has 1 aliphatic heterocycles. The van der Waals surface area contributed by atoms with Gasteiger partial charge in [-0.15, -0.1) is 0 Å². The third-order valence-corrected chi connectivity index (χ3v) is 1.45. The fourth-order valence-electron chi connectivity index (χ4n) is 0.693. The van der Waals surface area contributed by atoms with Crippen LogP contribution < -0.4 is 0 Å². The van der Waals surface area contributed by atoms with Gasteiger partial charge in [-0.1, -0.05) is 13.5 Å². The second kappa shape index (κ2) is 1.88. The van der Waals surface area contributed by atoms with E-state index < -0.39 is 6.29 Å². The van der Waals surface area contributed by atoms with E-state index >= 15 is 0 Å². The summed E-state index contributed by atoms with van der Waals surface area (Å²) in [6.45, 7) is 6.24. The Morgan fingerprint density at radius 2 is 2.50 bits per heavy atom. The van der Waals surface area contributed by atoms with E-state index in [2.05, 4.69) is 6.58 Å². The zero-order chi connectivity index (χ0) is 6.15. The first kappa shape index (κ1) is 5.79. The lowest BCUT2D eigenvalue weighted by Crippen LogP contribution is -2.04. The Morgan fingerprint density at radius 3 is 2.62 bits per heavy atom. The average molecular weight is 114 g/mol. The predicted molar refractivity (Wildman–Crippen MR) is 30.3 cm³/mol. The van der Waals surface area contributed by atoms with E-state index in [-0.39, 0.29) is 0 Å². The highest BCUT2D eigenvalue weighted by Gasteiger charge is 2.23. The van der Waals surface area contributed by atoms with Crippen molar-refractivity contribution in [3.63, 3.8) is 0 Å². The van der Waals surface area contributed by atoms with Crippen molar-refractivity contribution in [3.8, 4) is 0 Å². The zero-order valence-electron chi connectivity index (χ0n) is 4.92. The van der Waals surface area contributed by atoms with Crippen LogP contribution in [0.1, 0.15) is 6.92 Å². The van der Waals surface area contributed by atoms with Crippen molar-refractivity contribution in [2.75, 3.05) is 6.61 Å². The number of aliphatic hydroxyl groups is 1. The van der Waals surface area contributed by atoms with Crippen LogP contribution >= 0.6 is 0 Å². The summed E-state index contributed by atoms with van der Waals surface area (Å²) in [5, 5.41) is 8.85. The minimum atomic E-state index is -0.704. The van der Waals surface area contributed by atoms with Crippen LogP contribution in [0.5, 0.6) is 0 Å². The molecule has 0 aromatic heterocycles. The molecule has 2 atom stereocenters. The molecule has 46 valence electrons. The second-order valence-electron chi connectivity index (χ2n) is 2.16. The summed E-state index contributed by atoms with van der Waals surface area (Å²) in [4.78, 5) is 0. The lowest BCUT2D eigenvalue weighted by molar-refractivity contribution is -0.0407. The number of aliphatic hydroxyl groups excluding tert-OH is 1. The first-order valence-corrected chi connectivity index (χ1v) is 2.70. The first-order valence-electron chi connectivity index (χ1n) is 2.70. The molecule has 1 rings (SSSR count). The molecule has 1 saturated heterocycles. The minimum Gasteiger partial charge on any atom is -0.364 e. The molecule has 0 bridgehead atoms. The quantitative estimate of drug-likeness (QED) is 0.465. The molecule has 2 unspecified atom stereocenters. The fraction of sp³-hybridized carbons (Fsp3) is 0.667. The highest BCUT2D eigenvalue weighted by molar-refractivity contribution is 5.06. The van der Waals surface area contributed by atoms with E-state index in [1.807, 2.05) is 6.92 Å². The fourth-order valence-corrected chi connectivity index (χ4v) is 0.693. The molecule has 0 aromatic rings. The molecule has 1 heterocycles. The maximum absolute atomic E-state index is 8.85. The monoisotopic (exact) mass is 114 g/mol. The molecule has 0 aromatic carbocycles. The van der Waals surface area contributed by atoms with E-state index in [0.29, 0.717) is 12.5 Å². The molecule has 0 radical (unpaired) electrons. The number of hydrogen-bond donors (Lipinski definition) is 1. The van der Waals surface area contributed by atoms with E-state index in [9.17, 15) is 0 Å². The number of hydrogen-bond acceptors (Lipinski definition) is 2. The summed E-state index contributed by atoms with van der Waals surface area (Å²) in [5.74, 6) is 0.324. The Hall–Kier alpha value is -0.340. The molecule has 0 aliphatic carbocycles. The van der Waals surface area contributed by atoms with Crippen LogP contribution in [0, 0.1) is 5.92 Å². The summed E-state index contributed by atoms with van der Waals surface area (Å²) in [5.41, 5.74) is 0.796. The summed E-state index contributed by atoms with van der Waals surface area (Å²) in [6, 6.07) is 0. The topological polar surface area (TPSA) is 29.5 Å². The lowest BCUT2D eigenvalue weighted by atomic mass is 10.1. The van der Waals surface area contributed by atoms with E-state index in [0.717, 1.165) is 5.57 Å². The van der Waals surface area contributed by atoms with Gasteiger partial charge in [0.2, 0.25) is 0 Å². The molecule has 1 N–H and O–H groups in total. The van der Waals surface area contributed by atoms with Crippen LogP contribution in [0.15, 0.2) is 12.2 Å². The molecule has 0 spiro atoms. The Balaban J connectivity index is 2.57. The zero-order valence-corrected chi connectivity index (χ0v) is 4.92. The second-order valence-corrected chi connectivity index (χ2v) is 2.16. The smallest absolute Gasteiger partial charge is 0.177 e. The van der Waals surface area contributed by atoms with Crippen molar-refractivity contribution in [3.05, 3.63) is 12.2 Å². The van der Waals surface area contributed by atoms with Crippen LogP contribution in [-0.2, 0) is 4.74 Å². The Kier molecular flexibility index (Phi) is 1.36. The van der Waals surface area contributed by atoms with Crippen molar-refractivity contribution in [1.82, 2.24) is 0 Å². The summed E-state index contributed by atoms with van der Waals surface area (Å²) in [6.07, 6.45) is -0.704. The van der Waals surface area contributed by atoms with Crippen LogP contribution in [0.25, 0.3) is 0 Å². The van der Waals surface area contributed by atoms with Gasteiger partial charge in [0.15, 0.2) is 6.29 Å². The third-order valence-electron chi connectivity index (χ3n) is 1.45. The van der Waals surface area contributed by atoms with Gasteiger partial charge in [-0.25, -0.2) is 0 Å². The molecule has 1 fully saturated rings. The molecule has 2 heteroatoms. The SMILES string of the molecule is C=C1C(C)COC1O. The summed E-state index contributed by atoms with van der Waals surface area (Å²) < 4.78 is 4.83. The van der Waals surface area contributed by atoms with Crippen molar-refractivity contribution >= 4 is 0 Å². The Morgan fingerprint density at radius 1 is 1.88 bits per heavy atom. The van der Waals surface area contributed by atoms with Crippen molar-refractivity contribution < 1.29 is 9.84 Å². The first-order chi connectivity index (χ1) is 3.72. The standard InChI is InChI=1S/C6H10O2/c1-4-3-8-6(7)5(4)2/h4,6-7H,2-3H2,1H3. The lowest BCUT2D eigenvalue weighted by Gasteiger charge is -2.00. The van der Waals surface area contributed by atoms with Crippen LogP contribution in [0.3, 0.4) is 0 Å². The van der Waals surface area contributed by atoms with Gasteiger partial charge in [0.1, 0.15) is 0 Å².